The molecular weight excluding hydrogens is 238 g/mol. The van der Waals surface area contributed by atoms with Crippen LogP contribution in [0.4, 0.5) is 0 Å². The molecule has 1 saturated heterocycles. The Kier molecular flexibility index (Phi) is 5.22. The van der Waals surface area contributed by atoms with Crippen LogP contribution >= 0.6 is 0 Å². The fourth-order valence-electron chi connectivity index (χ4n) is 3.81. The van der Waals surface area contributed by atoms with Gasteiger partial charge in [0.25, 0.3) is 0 Å². The van der Waals surface area contributed by atoms with Crippen molar-refractivity contribution in [1.29, 1.82) is 0 Å². The highest BCUT2D eigenvalue weighted by Crippen LogP contribution is 2.38. The number of nitrogens with two attached hydrogens (primary N) is 1. The molecule has 4 nitrogen and oxygen atoms in total. The maximum absolute atomic E-state index is 12.0. The molecule has 1 aliphatic carbocycles. The monoisotopic (exact) mass is 267 g/mol. The van der Waals surface area contributed by atoms with Crippen molar-refractivity contribution < 1.29 is 4.79 Å². The summed E-state index contributed by atoms with van der Waals surface area (Å²) in [6.45, 7) is 6.63. The van der Waals surface area contributed by atoms with E-state index in [9.17, 15) is 4.79 Å². The first-order chi connectivity index (χ1) is 9.19. The van der Waals surface area contributed by atoms with Gasteiger partial charge in [0.05, 0.1) is 0 Å². The lowest BCUT2D eigenvalue weighted by atomic mass is 9.83. The molecule has 2 atom stereocenters. The average Bonchev–Trinajstić information content (AvgIpc) is 3.03. The Morgan fingerprint density at radius 3 is 2.74 bits per heavy atom. The molecule has 0 spiro atoms. The zero-order valence-electron chi connectivity index (χ0n) is 12.3. The molecule has 0 aromatic carbocycles. The third kappa shape index (κ3) is 3.29. The van der Waals surface area contributed by atoms with Crippen LogP contribution in [0.3, 0.4) is 0 Å². The van der Waals surface area contributed by atoms with E-state index in [4.69, 9.17) is 5.73 Å². The lowest BCUT2D eigenvalue weighted by molar-refractivity contribution is -0.126. The van der Waals surface area contributed by atoms with Crippen molar-refractivity contribution in [2.24, 2.45) is 11.7 Å². The van der Waals surface area contributed by atoms with Crippen LogP contribution in [0.1, 0.15) is 51.9 Å². The van der Waals surface area contributed by atoms with Crippen molar-refractivity contribution in [2.75, 3.05) is 26.2 Å². The zero-order chi connectivity index (χ0) is 13.7. The van der Waals surface area contributed by atoms with Gasteiger partial charge in [0.15, 0.2) is 0 Å². The summed E-state index contributed by atoms with van der Waals surface area (Å²) in [6, 6.07) is 0. The highest BCUT2D eigenvalue weighted by molar-refractivity contribution is 5.85. The van der Waals surface area contributed by atoms with E-state index in [0.717, 1.165) is 45.2 Å². The van der Waals surface area contributed by atoms with E-state index in [1.54, 1.807) is 0 Å². The summed E-state index contributed by atoms with van der Waals surface area (Å²) >= 11 is 0. The third-order valence-electron chi connectivity index (χ3n) is 4.94. The Labute approximate surface area is 117 Å². The number of hydrogen-bond acceptors (Lipinski definition) is 3. The highest BCUT2D eigenvalue weighted by atomic mass is 16.1. The van der Waals surface area contributed by atoms with E-state index in [1.807, 2.05) is 0 Å². The summed E-state index contributed by atoms with van der Waals surface area (Å²) in [5, 5.41) is 3.48. The van der Waals surface area contributed by atoms with Gasteiger partial charge in [-0.2, -0.15) is 0 Å². The third-order valence-corrected chi connectivity index (χ3v) is 4.94. The summed E-state index contributed by atoms with van der Waals surface area (Å²) in [7, 11) is 0. The first-order valence-electron chi connectivity index (χ1n) is 7.96. The number of amides is 1. The largest absolute Gasteiger partial charge is 0.368 e. The Balaban J connectivity index is 1.93. The average molecular weight is 267 g/mol. The molecule has 110 valence electrons. The molecule has 0 aromatic heterocycles. The SMILES string of the molecule is CCCNC1(C(N)=O)CCCC1CCN1CCCC1. The summed E-state index contributed by atoms with van der Waals surface area (Å²) in [4.78, 5) is 14.5. The highest BCUT2D eigenvalue weighted by Gasteiger charge is 2.46. The minimum absolute atomic E-state index is 0.134. The zero-order valence-corrected chi connectivity index (χ0v) is 12.3. The first-order valence-corrected chi connectivity index (χ1v) is 7.96. The molecule has 2 unspecified atom stereocenters. The van der Waals surface area contributed by atoms with E-state index >= 15 is 0 Å². The van der Waals surface area contributed by atoms with Gasteiger partial charge in [-0.15, -0.1) is 0 Å². The van der Waals surface area contributed by atoms with Crippen LogP contribution in [0.15, 0.2) is 0 Å². The smallest absolute Gasteiger partial charge is 0.238 e. The molecule has 1 amide bonds. The number of primary amides is 1. The normalized spacial score (nSPS) is 31.9. The van der Waals surface area contributed by atoms with Gasteiger partial charge in [0.1, 0.15) is 5.54 Å². The van der Waals surface area contributed by atoms with Crippen molar-refractivity contribution in [1.82, 2.24) is 10.2 Å². The molecule has 0 bridgehead atoms. The molecule has 2 aliphatic rings. The fraction of sp³-hybridized carbons (Fsp3) is 0.933. The summed E-state index contributed by atoms with van der Waals surface area (Å²) in [5.41, 5.74) is 5.31. The van der Waals surface area contributed by atoms with E-state index in [2.05, 4.69) is 17.1 Å². The molecule has 4 heteroatoms. The van der Waals surface area contributed by atoms with Crippen molar-refractivity contribution in [2.45, 2.75) is 57.4 Å². The van der Waals surface area contributed by atoms with Crippen molar-refractivity contribution in [3.63, 3.8) is 0 Å². The molecule has 1 heterocycles. The van der Waals surface area contributed by atoms with Gasteiger partial charge in [0, 0.05) is 0 Å². The van der Waals surface area contributed by atoms with Gasteiger partial charge in [-0.05, 0) is 70.6 Å². The lowest BCUT2D eigenvalue weighted by Crippen LogP contribution is -2.58. The van der Waals surface area contributed by atoms with Gasteiger partial charge < -0.3 is 16.0 Å². The Morgan fingerprint density at radius 1 is 1.37 bits per heavy atom. The van der Waals surface area contributed by atoms with Crippen LogP contribution in [-0.4, -0.2) is 42.5 Å². The van der Waals surface area contributed by atoms with Crippen LogP contribution < -0.4 is 11.1 Å². The molecular formula is C15H29N3O. The van der Waals surface area contributed by atoms with Crippen molar-refractivity contribution >= 4 is 5.91 Å². The number of nitrogens with zero attached hydrogens (tertiary/aromatic N) is 1. The number of likely N-dealkylation sites (tertiary alicyclic amines) is 1. The minimum atomic E-state index is -0.421. The lowest BCUT2D eigenvalue weighted by Gasteiger charge is -2.34. The second kappa shape index (κ2) is 6.71. The number of carbonyl (C=O) groups is 1. The number of nitrogens with one attached hydrogen (secondary N) is 1. The molecule has 2 rings (SSSR count). The van der Waals surface area contributed by atoms with Gasteiger partial charge in [-0.3, -0.25) is 4.79 Å². The first kappa shape index (κ1) is 14.8. The molecule has 19 heavy (non-hydrogen) atoms. The summed E-state index contributed by atoms with van der Waals surface area (Å²) in [6.07, 6.45) is 8.03. The van der Waals surface area contributed by atoms with Crippen LogP contribution in [0.2, 0.25) is 0 Å². The molecule has 3 N–H and O–H groups in total. The molecule has 0 aromatic rings. The predicted molar refractivity (Wildman–Crippen MR) is 77.9 cm³/mol. The Morgan fingerprint density at radius 2 is 2.11 bits per heavy atom. The number of rotatable bonds is 7. The number of carbonyl (C=O) groups excluding carboxylic acids is 1. The Hall–Kier alpha value is -0.610. The fourth-order valence-corrected chi connectivity index (χ4v) is 3.81. The summed E-state index contributed by atoms with van der Waals surface area (Å²) < 4.78 is 0. The van der Waals surface area contributed by atoms with Crippen molar-refractivity contribution in [3.8, 4) is 0 Å². The van der Waals surface area contributed by atoms with Gasteiger partial charge in [0.2, 0.25) is 5.91 Å². The topological polar surface area (TPSA) is 58.4 Å². The van der Waals surface area contributed by atoms with E-state index in [0.29, 0.717) is 5.92 Å². The van der Waals surface area contributed by atoms with E-state index in [1.165, 1.54) is 25.9 Å². The maximum atomic E-state index is 12.0. The quantitative estimate of drug-likeness (QED) is 0.735. The number of hydrogen-bond donors (Lipinski definition) is 2. The molecule has 1 aliphatic heterocycles. The second-order valence-electron chi connectivity index (χ2n) is 6.19. The summed E-state index contributed by atoms with van der Waals surface area (Å²) in [5.74, 6) is 0.294. The van der Waals surface area contributed by atoms with Crippen LogP contribution in [-0.2, 0) is 4.79 Å². The van der Waals surface area contributed by atoms with Crippen molar-refractivity contribution in [3.05, 3.63) is 0 Å². The maximum Gasteiger partial charge on any atom is 0.238 e. The predicted octanol–water partition coefficient (Wildman–Crippen LogP) is 1.50. The van der Waals surface area contributed by atoms with E-state index < -0.39 is 5.54 Å². The van der Waals surface area contributed by atoms with Gasteiger partial charge in [-0.25, -0.2) is 0 Å². The van der Waals surface area contributed by atoms with Crippen LogP contribution in [0, 0.1) is 5.92 Å². The molecule has 1 saturated carbocycles. The van der Waals surface area contributed by atoms with E-state index in [-0.39, 0.29) is 5.91 Å². The molecule has 0 radical (unpaired) electrons. The molecule has 2 fully saturated rings. The van der Waals surface area contributed by atoms with Gasteiger partial charge >= 0.3 is 0 Å². The second-order valence-corrected chi connectivity index (χ2v) is 6.19. The van der Waals surface area contributed by atoms with Gasteiger partial charge in [-0.1, -0.05) is 13.3 Å². The van der Waals surface area contributed by atoms with Crippen LogP contribution in [0.5, 0.6) is 0 Å². The minimum Gasteiger partial charge on any atom is -0.368 e. The standard InChI is InChI=1S/C15H29N3O/c1-2-9-17-15(14(16)19)8-5-6-13(15)7-12-18-10-3-4-11-18/h13,17H,2-12H2,1H3,(H2,16,19). The van der Waals surface area contributed by atoms with Crippen LogP contribution in [0.25, 0.3) is 0 Å². The Bertz CT molecular complexity index is 302.